The number of halogens is 3. The van der Waals surface area contributed by atoms with Crippen molar-refractivity contribution in [3.8, 4) is 0 Å². The van der Waals surface area contributed by atoms with Gasteiger partial charge in [0.15, 0.2) is 0 Å². The normalized spacial score (nSPS) is 10.7. The Morgan fingerprint density at radius 3 is 2.62 bits per heavy atom. The summed E-state index contributed by atoms with van der Waals surface area (Å²) >= 11 is 14.2. The Morgan fingerprint density at radius 1 is 1.24 bits per heavy atom. The molecular weight excluding hydrogens is 424 g/mol. The van der Waals surface area contributed by atoms with E-state index in [-0.39, 0.29) is 0 Å². The van der Waals surface area contributed by atoms with Crippen molar-refractivity contribution >= 4 is 51.6 Å². The van der Waals surface area contributed by atoms with Crippen molar-refractivity contribution in [2.75, 3.05) is 19.5 Å². The number of benzene rings is 1. The Bertz CT molecular complexity index is 652. The van der Waals surface area contributed by atoms with Crippen LogP contribution in [0.3, 0.4) is 0 Å². The molecule has 0 radical (unpaired) electrons. The Labute approximate surface area is 147 Å². The van der Waals surface area contributed by atoms with Crippen LogP contribution >= 0.6 is 45.8 Å². The van der Waals surface area contributed by atoms with E-state index < -0.39 is 0 Å². The molecule has 0 saturated carbocycles. The molecule has 0 aliphatic carbocycles. The first-order chi connectivity index (χ1) is 10.0. The third kappa shape index (κ3) is 4.18. The zero-order valence-corrected chi connectivity index (χ0v) is 15.3. The summed E-state index contributed by atoms with van der Waals surface area (Å²) in [4.78, 5) is 9.08. The fourth-order valence-electron chi connectivity index (χ4n) is 1.85. The SMILES string of the molecule is CNc1nc(Cc2ccc(Cl)c(Cl)c2)nc(COC)c1I. The van der Waals surface area contributed by atoms with Gasteiger partial charge in [0.25, 0.3) is 0 Å². The molecule has 0 aliphatic heterocycles. The van der Waals surface area contributed by atoms with E-state index in [1.165, 1.54) is 0 Å². The van der Waals surface area contributed by atoms with Gasteiger partial charge in [-0.25, -0.2) is 9.97 Å². The van der Waals surface area contributed by atoms with Crippen molar-refractivity contribution in [1.29, 1.82) is 0 Å². The second kappa shape index (κ2) is 7.58. The predicted octanol–water partition coefficient (Wildman–Crippen LogP) is 4.17. The van der Waals surface area contributed by atoms with Crippen LogP contribution in [-0.4, -0.2) is 24.1 Å². The van der Waals surface area contributed by atoms with Crippen molar-refractivity contribution in [2.24, 2.45) is 0 Å². The minimum Gasteiger partial charge on any atom is -0.378 e. The lowest BCUT2D eigenvalue weighted by Crippen LogP contribution is -2.08. The van der Waals surface area contributed by atoms with Crippen LogP contribution in [0.4, 0.5) is 5.82 Å². The van der Waals surface area contributed by atoms with Crippen LogP contribution < -0.4 is 5.32 Å². The van der Waals surface area contributed by atoms with E-state index in [0.29, 0.717) is 28.9 Å². The zero-order chi connectivity index (χ0) is 15.4. The van der Waals surface area contributed by atoms with Crippen LogP contribution in [0.2, 0.25) is 10.0 Å². The van der Waals surface area contributed by atoms with Crippen LogP contribution in [0.1, 0.15) is 17.1 Å². The van der Waals surface area contributed by atoms with Gasteiger partial charge in [0.1, 0.15) is 11.6 Å². The number of aromatic nitrogens is 2. The van der Waals surface area contributed by atoms with Gasteiger partial charge < -0.3 is 10.1 Å². The van der Waals surface area contributed by atoms with E-state index in [0.717, 1.165) is 20.6 Å². The van der Waals surface area contributed by atoms with Crippen LogP contribution in [0.15, 0.2) is 18.2 Å². The minimum absolute atomic E-state index is 0.448. The number of methoxy groups -OCH3 is 1. The lowest BCUT2D eigenvalue weighted by Gasteiger charge is -2.11. The highest BCUT2D eigenvalue weighted by Crippen LogP contribution is 2.25. The summed E-state index contributed by atoms with van der Waals surface area (Å²) in [6.45, 7) is 0.448. The van der Waals surface area contributed by atoms with E-state index in [9.17, 15) is 0 Å². The van der Waals surface area contributed by atoms with Gasteiger partial charge in [0, 0.05) is 20.6 Å². The Hall–Kier alpha value is -0.630. The molecule has 21 heavy (non-hydrogen) atoms. The first kappa shape index (κ1) is 16.7. The standard InChI is InChI=1S/C14H14Cl2IN3O/c1-18-14-13(17)11(7-21-2)19-12(20-14)6-8-3-4-9(15)10(16)5-8/h3-5H,6-7H2,1-2H3,(H,18,19,20). The van der Waals surface area contributed by atoms with Crippen LogP contribution in [0, 0.1) is 3.57 Å². The molecule has 7 heteroatoms. The molecule has 1 heterocycles. The second-order valence-corrected chi connectivity index (χ2v) is 6.25. The molecule has 1 aromatic carbocycles. The maximum absolute atomic E-state index is 6.04. The van der Waals surface area contributed by atoms with E-state index in [4.69, 9.17) is 27.9 Å². The lowest BCUT2D eigenvalue weighted by molar-refractivity contribution is 0.180. The molecule has 0 bridgehead atoms. The lowest BCUT2D eigenvalue weighted by atomic mass is 10.1. The molecule has 1 aromatic heterocycles. The van der Waals surface area contributed by atoms with Crippen LogP contribution in [0.5, 0.6) is 0 Å². The molecule has 1 N–H and O–H groups in total. The summed E-state index contributed by atoms with van der Waals surface area (Å²) in [5.74, 6) is 1.51. The molecule has 0 fully saturated rings. The summed E-state index contributed by atoms with van der Waals surface area (Å²) in [7, 11) is 3.49. The van der Waals surface area contributed by atoms with Crippen molar-refractivity contribution in [3.05, 3.63) is 48.9 Å². The first-order valence-electron chi connectivity index (χ1n) is 6.21. The summed E-state index contributed by atoms with van der Waals surface area (Å²) in [5, 5.41) is 4.15. The molecule has 0 unspecified atom stereocenters. The summed E-state index contributed by atoms with van der Waals surface area (Å²) in [6, 6.07) is 5.53. The van der Waals surface area contributed by atoms with Crippen molar-refractivity contribution < 1.29 is 4.74 Å². The van der Waals surface area contributed by atoms with Crippen molar-refractivity contribution in [2.45, 2.75) is 13.0 Å². The molecule has 0 aliphatic rings. The third-order valence-corrected chi connectivity index (χ3v) is 4.70. The smallest absolute Gasteiger partial charge is 0.143 e. The van der Waals surface area contributed by atoms with Crippen molar-refractivity contribution in [1.82, 2.24) is 9.97 Å². The molecule has 112 valence electrons. The molecule has 0 spiro atoms. The third-order valence-electron chi connectivity index (χ3n) is 2.83. The number of anilines is 1. The number of rotatable bonds is 5. The topological polar surface area (TPSA) is 47.0 Å². The van der Waals surface area contributed by atoms with Gasteiger partial charge in [0.2, 0.25) is 0 Å². The van der Waals surface area contributed by atoms with E-state index in [1.54, 1.807) is 13.2 Å². The van der Waals surface area contributed by atoms with Gasteiger partial charge in [-0.05, 0) is 40.3 Å². The monoisotopic (exact) mass is 437 g/mol. The number of nitrogens with one attached hydrogen (secondary N) is 1. The molecule has 0 atom stereocenters. The van der Waals surface area contributed by atoms with Gasteiger partial charge in [-0.1, -0.05) is 29.3 Å². The Morgan fingerprint density at radius 2 is 2.00 bits per heavy atom. The minimum atomic E-state index is 0.448. The van der Waals surface area contributed by atoms with Gasteiger partial charge in [-0.15, -0.1) is 0 Å². The molecule has 2 aromatic rings. The number of hydrogen-bond donors (Lipinski definition) is 1. The van der Waals surface area contributed by atoms with Crippen LogP contribution in [-0.2, 0) is 17.8 Å². The van der Waals surface area contributed by atoms with Gasteiger partial charge in [0.05, 0.1) is 25.9 Å². The predicted molar refractivity (Wildman–Crippen MR) is 94.3 cm³/mol. The highest BCUT2D eigenvalue weighted by Gasteiger charge is 2.12. The average molecular weight is 438 g/mol. The van der Waals surface area contributed by atoms with E-state index >= 15 is 0 Å². The number of nitrogens with zero attached hydrogens (tertiary/aromatic N) is 2. The maximum Gasteiger partial charge on any atom is 0.143 e. The number of ether oxygens (including phenoxy) is 1. The average Bonchev–Trinajstić information content (AvgIpc) is 2.46. The fraction of sp³-hybridized carbons (Fsp3) is 0.286. The first-order valence-corrected chi connectivity index (χ1v) is 8.04. The quantitative estimate of drug-likeness (QED) is 0.713. The van der Waals surface area contributed by atoms with Gasteiger partial charge >= 0.3 is 0 Å². The molecule has 4 nitrogen and oxygen atoms in total. The fourth-order valence-corrected chi connectivity index (χ4v) is 2.84. The molecule has 2 rings (SSSR count). The number of hydrogen-bond acceptors (Lipinski definition) is 4. The van der Waals surface area contributed by atoms with Crippen LogP contribution in [0.25, 0.3) is 0 Å². The highest BCUT2D eigenvalue weighted by atomic mass is 127. The van der Waals surface area contributed by atoms with Crippen molar-refractivity contribution in [3.63, 3.8) is 0 Å². The Kier molecular flexibility index (Phi) is 6.04. The summed E-state index contributed by atoms with van der Waals surface area (Å²) < 4.78 is 6.15. The molecule has 0 amide bonds. The second-order valence-electron chi connectivity index (χ2n) is 4.36. The van der Waals surface area contributed by atoms with Gasteiger partial charge in [-0.3, -0.25) is 0 Å². The van der Waals surface area contributed by atoms with E-state index in [2.05, 4.69) is 37.9 Å². The largest absolute Gasteiger partial charge is 0.378 e. The Balaban J connectivity index is 2.34. The molecule has 0 saturated heterocycles. The summed E-state index contributed by atoms with van der Waals surface area (Å²) in [5.41, 5.74) is 1.88. The van der Waals surface area contributed by atoms with E-state index in [1.807, 2.05) is 19.2 Å². The zero-order valence-electron chi connectivity index (χ0n) is 11.6. The summed E-state index contributed by atoms with van der Waals surface area (Å²) in [6.07, 6.45) is 0.583. The molecular formula is C14H14Cl2IN3O. The highest BCUT2D eigenvalue weighted by molar-refractivity contribution is 14.1. The maximum atomic E-state index is 6.04. The van der Waals surface area contributed by atoms with Gasteiger partial charge in [-0.2, -0.15) is 0 Å².